The molecule has 6 heteroatoms. The third-order valence-electron chi connectivity index (χ3n) is 6.95. The summed E-state index contributed by atoms with van der Waals surface area (Å²) < 4.78 is 5.43. The van der Waals surface area contributed by atoms with Crippen molar-refractivity contribution in [3.8, 4) is 11.1 Å². The molecule has 2 aromatic carbocycles. The van der Waals surface area contributed by atoms with Crippen LogP contribution in [0.3, 0.4) is 0 Å². The standard InChI is InChI=1S/C28H30N4O2/c1-19-20(2)34-30-25(19)32-15-8-14-29-26(32)22-11-12-24(21-9-6-5-7-10-21)23(17-22)18-31-16-13-28(3,4)27(31)33/h5-12,14-15,17,26H,13,16,18H2,1-4H3. The number of aromatic nitrogens is 1. The van der Waals surface area contributed by atoms with Gasteiger partial charge in [0.1, 0.15) is 5.76 Å². The molecule has 0 bridgehead atoms. The van der Waals surface area contributed by atoms with Crippen LogP contribution < -0.4 is 4.90 Å². The Balaban J connectivity index is 1.55. The van der Waals surface area contributed by atoms with Crippen molar-refractivity contribution in [2.45, 2.75) is 46.8 Å². The molecule has 0 N–H and O–H groups in total. The van der Waals surface area contributed by atoms with Crippen molar-refractivity contribution in [2.24, 2.45) is 10.4 Å². The predicted molar refractivity (Wildman–Crippen MR) is 135 cm³/mol. The van der Waals surface area contributed by atoms with E-state index < -0.39 is 0 Å². The van der Waals surface area contributed by atoms with Crippen LogP contribution in [0.1, 0.15) is 48.9 Å². The quantitative estimate of drug-likeness (QED) is 0.487. The van der Waals surface area contributed by atoms with Crippen LogP contribution in [0.25, 0.3) is 11.1 Å². The summed E-state index contributed by atoms with van der Waals surface area (Å²) in [5, 5.41) is 4.28. The molecule has 0 saturated carbocycles. The highest BCUT2D eigenvalue weighted by Crippen LogP contribution is 2.37. The smallest absolute Gasteiger partial charge is 0.228 e. The molecular weight excluding hydrogens is 424 g/mol. The first-order chi connectivity index (χ1) is 16.3. The zero-order chi connectivity index (χ0) is 23.9. The molecule has 0 spiro atoms. The highest BCUT2D eigenvalue weighted by molar-refractivity contribution is 5.84. The van der Waals surface area contributed by atoms with E-state index >= 15 is 0 Å². The lowest BCUT2D eigenvalue weighted by Gasteiger charge is -2.29. The Morgan fingerprint density at radius 2 is 1.91 bits per heavy atom. The maximum absolute atomic E-state index is 13.0. The highest BCUT2D eigenvalue weighted by Gasteiger charge is 2.38. The van der Waals surface area contributed by atoms with E-state index in [1.54, 1.807) is 0 Å². The van der Waals surface area contributed by atoms with Gasteiger partial charge in [-0.1, -0.05) is 61.5 Å². The first-order valence-corrected chi connectivity index (χ1v) is 11.7. The van der Waals surface area contributed by atoms with Crippen LogP contribution in [-0.4, -0.2) is 28.7 Å². The zero-order valence-electron chi connectivity index (χ0n) is 20.2. The molecule has 1 aromatic heterocycles. The van der Waals surface area contributed by atoms with Crippen LogP contribution in [-0.2, 0) is 11.3 Å². The van der Waals surface area contributed by atoms with Crippen LogP contribution in [0.15, 0.2) is 70.3 Å². The van der Waals surface area contributed by atoms with Gasteiger partial charge in [-0.2, -0.15) is 0 Å². The number of likely N-dealkylation sites (tertiary alicyclic amines) is 1. The van der Waals surface area contributed by atoms with Gasteiger partial charge in [0, 0.05) is 36.5 Å². The number of aliphatic imine (C=N–C) groups is 1. The molecule has 5 rings (SSSR count). The second kappa shape index (κ2) is 8.60. The third kappa shape index (κ3) is 3.94. The Bertz CT molecular complexity index is 1270. The lowest BCUT2D eigenvalue weighted by molar-refractivity contribution is -0.135. The van der Waals surface area contributed by atoms with Gasteiger partial charge in [-0.25, -0.2) is 0 Å². The molecule has 6 nitrogen and oxygen atoms in total. The van der Waals surface area contributed by atoms with Gasteiger partial charge in [0.25, 0.3) is 0 Å². The Morgan fingerprint density at radius 3 is 2.59 bits per heavy atom. The monoisotopic (exact) mass is 454 g/mol. The highest BCUT2D eigenvalue weighted by atomic mass is 16.5. The molecule has 0 radical (unpaired) electrons. The molecule has 34 heavy (non-hydrogen) atoms. The number of amides is 1. The normalized spacial score (nSPS) is 19.3. The summed E-state index contributed by atoms with van der Waals surface area (Å²) in [7, 11) is 0. The van der Waals surface area contributed by atoms with Crippen molar-refractivity contribution in [2.75, 3.05) is 11.4 Å². The van der Waals surface area contributed by atoms with Crippen molar-refractivity contribution in [1.82, 2.24) is 10.1 Å². The average molecular weight is 455 g/mol. The molecule has 3 heterocycles. The predicted octanol–water partition coefficient (Wildman–Crippen LogP) is 5.82. The Hall–Kier alpha value is -3.67. The van der Waals surface area contributed by atoms with Gasteiger partial charge in [-0.15, -0.1) is 0 Å². The van der Waals surface area contributed by atoms with Crippen LogP contribution >= 0.6 is 0 Å². The molecule has 1 fully saturated rings. The lowest BCUT2D eigenvalue weighted by atomic mass is 9.92. The van der Waals surface area contributed by atoms with Gasteiger partial charge in [0.15, 0.2) is 12.0 Å². The summed E-state index contributed by atoms with van der Waals surface area (Å²) >= 11 is 0. The van der Waals surface area contributed by atoms with Crippen LogP contribution in [0.2, 0.25) is 0 Å². The topological polar surface area (TPSA) is 61.9 Å². The van der Waals surface area contributed by atoms with E-state index in [-0.39, 0.29) is 17.5 Å². The minimum atomic E-state index is -0.303. The summed E-state index contributed by atoms with van der Waals surface area (Å²) in [6, 6.07) is 16.8. The van der Waals surface area contributed by atoms with E-state index in [2.05, 4.69) is 35.5 Å². The largest absolute Gasteiger partial charge is 0.359 e. The van der Waals surface area contributed by atoms with Crippen molar-refractivity contribution >= 4 is 17.9 Å². The molecule has 0 aliphatic carbocycles. The maximum Gasteiger partial charge on any atom is 0.228 e. The zero-order valence-corrected chi connectivity index (χ0v) is 20.2. The molecule has 1 saturated heterocycles. The fourth-order valence-electron chi connectivity index (χ4n) is 4.71. The summed E-state index contributed by atoms with van der Waals surface area (Å²) in [6.07, 6.45) is 6.33. The molecular formula is C28H30N4O2. The van der Waals surface area contributed by atoms with Gasteiger partial charge < -0.3 is 14.3 Å². The number of hydrogen-bond acceptors (Lipinski definition) is 5. The van der Waals surface area contributed by atoms with Gasteiger partial charge in [-0.05, 0) is 54.7 Å². The molecule has 174 valence electrons. The first-order valence-electron chi connectivity index (χ1n) is 11.7. The summed E-state index contributed by atoms with van der Waals surface area (Å²) in [6.45, 7) is 9.35. The van der Waals surface area contributed by atoms with Crippen molar-refractivity contribution in [3.63, 3.8) is 0 Å². The fraction of sp³-hybridized carbons (Fsp3) is 0.321. The van der Waals surface area contributed by atoms with Gasteiger partial charge >= 0.3 is 0 Å². The minimum Gasteiger partial charge on any atom is -0.359 e. The van der Waals surface area contributed by atoms with Crippen molar-refractivity contribution < 1.29 is 9.32 Å². The molecule has 2 aliphatic rings. The van der Waals surface area contributed by atoms with E-state index in [1.807, 2.05) is 74.2 Å². The van der Waals surface area contributed by atoms with Gasteiger partial charge in [-0.3, -0.25) is 9.79 Å². The number of allylic oxidation sites excluding steroid dienone is 1. The van der Waals surface area contributed by atoms with Crippen LogP contribution in [0, 0.1) is 19.3 Å². The summed E-state index contributed by atoms with van der Waals surface area (Å²) in [4.78, 5) is 21.8. The van der Waals surface area contributed by atoms with Crippen molar-refractivity contribution in [3.05, 3.63) is 83.3 Å². The van der Waals surface area contributed by atoms with E-state index in [4.69, 9.17) is 9.52 Å². The lowest BCUT2D eigenvalue weighted by Crippen LogP contribution is -2.31. The number of carbonyl (C=O) groups is 1. The maximum atomic E-state index is 13.0. The Kier molecular flexibility index (Phi) is 5.60. The van der Waals surface area contributed by atoms with E-state index in [9.17, 15) is 4.79 Å². The SMILES string of the molecule is Cc1onc(N2C=CC=NC2c2ccc(-c3ccccc3)c(CN3CCC(C)(C)C3=O)c2)c1C. The van der Waals surface area contributed by atoms with Gasteiger partial charge in [0.05, 0.1) is 0 Å². The molecule has 3 aromatic rings. The van der Waals surface area contributed by atoms with E-state index in [1.165, 1.54) is 0 Å². The number of rotatable bonds is 5. The number of hydrogen-bond donors (Lipinski definition) is 0. The number of carbonyl (C=O) groups excluding carboxylic acids is 1. The van der Waals surface area contributed by atoms with Crippen LogP contribution in [0.5, 0.6) is 0 Å². The van der Waals surface area contributed by atoms with Crippen molar-refractivity contribution in [1.29, 1.82) is 0 Å². The second-order valence-corrected chi connectivity index (χ2v) is 9.75. The average Bonchev–Trinajstić information content (AvgIpc) is 3.32. The number of nitrogens with zero attached hydrogens (tertiary/aromatic N) is 4. The fourth-order valence-corrected chi connectivity index (χ4v) is 4.71. The van der Waals surface area contributed by atoms with Crippen LogP contribution in [0.4, 0.5) is 5.82 Å². The van der Waals surface area contributed by atoms with Gasteiger partial charge in [0.2, 0.25) is 5.91 Å². The molecule has 1 atom stereocenters. The van der Waals surface area contributed by atoms with E-state index in [0.29, 0.717) is 6.54 Å². The Morgan fingerprint density at radius 1 is 1.12 bits per heavy atom. The number of anilines is 1. The van der Waals surface area contributed by atoms with E-state index in [0.717, 1.165) is 52.4 Å². The summed E-state index contributed by atoms with van der Waals surface area (Å²) in [5.41, 5.74) is 5.13. The molecule has 1 unspecified atom stereocenters. The number of benzene rings is 2. The minimum absolute atomic E-state index is 0.214. The summed E-state index contributed by atoms with van der Waals surface area (Å²) in [5.74, 6) is 1.78. The number of aryl methyl sites for hydroxylation is 1. The first kappa shape index (κ1) is 22.1. The Labute approximate surface area is 200 Å². The molecule has 2 aliphatic heterocycles. The third-order valence-corrected chi connectivity index (χ3v) is 6.95. The molecule has 1 amide bonds. The second-order valence-electron chi connectivity index (χ2n) is 9.75.